The van der Waals surface area contributed by atoms with E-state index in [1.165, 1.54) is 6.42 Å². The number of nitrogens with one attached hydrogen (secondary N) is 1. The van der Waals surface area contributed by atoms with E-state index < -0.39 is 0 Å². The van der Waals surface area contributed by atoms with E-state index in [1.807, 2.05) is 23.0 Å². The Kier molecular flexibility index (Phi) is 6.87. The van der Waals surface area contributed by atoms with Gasteiger partial charge in [0, 0.05) is 27.6 Å². The lowest BCUT2D eigenvalue weighted by Gasteiger charge is -2.28. The van der Waals surface area contributed by atoms with Crippen LogP contribution in [-0.4, -0.2) is 29.7 Å². The summed E-state index contributed by atoms with van der Waals surface area (Å²) >= 11 is 14.9. The van der Waals surface area contributed by atoms with Gasteiger partial charge in [0.2, 0.25) is 0 Å². The molecule has 1 saturated heterocycles. The van der Waals surface area contributed by atoms with E-state index in [-0.39, 0.29) is 17.9 Å². The van der Waals surface area contributed by atoms with Crippen LogP contribution in [0, 0.1) is 9.49 Å². The molecule has 1 N–H and O–H groups in total. The number of hydrazone groups is 1. The third kappa shape index (κ3) is 4.61. The molecular formula is C22H23Cl2IN4O. The fourth-order valence-electron chi connectivity index (χ4n) is 4.05. The molecule has 0 saturated carbocycles. The minimum atomic E-state index is -0.146. The fourth-order valence-corrected chi connectivity index (χ4v) is 4.90. The van der Waals surface area contributed by atoms with E-state index in [0.29, 0.717) is 15.8 Å². The van der Waals surface area contributed by atoms with Gasteiger partial charge >= 0.3 is 0 Å². The number of halogens is 3. The highest BCUT2D eigenvalue weighted by atomic mass is 127. The smallest absolute Gasteiger partial charge is 0.282 e. The molecule has 2 aliphatic rings. The van der Waals surface area contributed by atoms with Crippen molar-refractivity contribution in [2.45, 2.75) is 32.2 Å². The number of hydrogen-bond acceptors (Lipinski definition) is 4. The van der Waals surface area contributed by atoms with Gasteiger partial charge in [-0.25, -0.2) is 5.01 Å². The van der Waals surface area contributed by atoms with Crippen molar-refractivity contribution < 1.29 is 4.79 Å². The molecule has 0 aliphatic carbocycles. The molecule has 2 aliphatic heterocycles. The monoisotopic (exact) mass is 556 g/mol. The second kappa shape index (κ2) is 9.42. The Morgan fingerprint density at radius 1 is 1.10 bits per heavy atom. The molecule has 2 atom stereocenters. The minimum Gasteiger partial charge on any atom is -0.284 e. The van der Waals surface area contributed by atoms with Crippen LogP contribution in [0.3, 0.4) is 0 Å². The largest absolute Gasteiger partial charge is 0.284 e. The fraction of sp³-hybridized carbons (Fsp3) is 0.364. The van der Waals surface area contributed by atoms with Crippen molar-refractivity contribution in [2.75, 3.05) is 18.1 Å². The number of carbonyl (C=O) groups is 1. The molecule has 5 nitrogen and oxygen atoms in total. The van der Waals surface area contributed by atoms with Crippen LogP contribution in [0.25, 0.3) is 0 Å². The van der Waals surface area contributed by atoms with Crippen molar-refractivity contribution in [1.29, 1.82) is 0 Å². The lowest BCUT2D eigenvalue weighted by atomic mass is 9.91. The van der Waals surface area contributed by atoms with Gasteiger partial charge in [-0.3, -0.25) is 15.2 Å². The van der Waals surface area contributed by atoms with Crippen molar-refractivity contribution in [3.8, 4) is 0 Å². The third-order valence-corrected chi connectivity index (χ3v) is 6.86. The molecule has 2 aromatic carbocycles. The average molecular weight is 557 g/mol. The van der Waals surface area contributed by atoms with E-state index in [0.717, 1.165) is 40.8 Å². The van der Waals surface area contributed by atoms with Crippen molar-refractivity contribution in [3.63, 3.8) is 0 Å². The molecule has 0 aromatic heterocycles. The van der Waals surface area contributed by atoms with Gasteiger partial charge in [-0.05, 0) is 71.3 Å². The van der Waals surface area contributed by atoms with E-state index in [1.54, 1.807) is 12.1 Å². The summed E-state index contributed by atoms with van der Waals surface area (Å²) in [5.74, 6) is -0.255. The molecule has 1 amide bonds. The highest BCUT2D eigenvalue weighted by Crippen LogP contribution is 2.42. The van der Waals surface area contributed by atoms with Gasteiger partial charge in [0.05, 0.1) is 16.8 Å². The van der Waals surface area contributed by atoms with E-state index >= 15 is 0 Å². The van der Waals surface area contributed by atoms with Crippen LogP contribution in [-0.2, 0) is 4.79 Å². The predicted octanol–water partition coefficient (Wildman–Crippen LogP) is 5.67. The van der Waals surface area contributed by atoms with Gasteiger partial charge in [-0.1, -0.05) is 48.7 Å². The number of hydrazine groups is 1. The summed E-state index contributed by atoms with van der Waals surface area (Å²) in [7, 11) is 0. The second-order valence-corrected chi connectivity index (χ2v) is 9.79. The zero-order valence-electron chi connectivity index (χ0n) is 16.6. The van der Waals surface area contributed by atoms with Gasteiger partial charge in [0.25, 0.3) is 5.91 Å². The maximum absolute atomic E-state index is 13.1. The van der Waals surface area contributed by atoms with Gasteiger partial charge in [-0.2, -0.15) is 5.10 Å². The molecule has 158 valence electrons. The van der Waals surface area contributed by atoms with Crippen molar-refractivity contribution in [1.82, 2.24) is 10.4 Å². The summed E-state index contributed by atoms with van der Waals surface area (Å²) in [5.41, 5.74) is 5.37. The van der Waals surface area contributed by atoms with Crippen LogP contribution in [0.1, 0.15) is 37.8 Å². The molecule has 8 heteroatoms. The highest BCUT2D eigenvalue weighted by molar-refractivity contribution is 14.1. The van der Waals surface area contributed by atoms with Gasteiger partial charge in [0.15, 0.2) is 0 Å². The van der Waals surface area contributed by atoms with Crippen LogP contribution in [0.2, 0.25) is 10.0 Å². The van der Waals surface area contributed by atoms with E-state index in [2.05, 4.69) is 52.3 Å². The first-order chi connectivity index (χ1) is 14.4. The highest BCUT2D eigenvalue weighted by Gasteiger charge is 2.40. The van der Waals surface area contributed by atoms with E-state index in [4.69, 9.17) is 28.3 Å². The number of piperidine rings is 1. The summed E-state index contributed by atoms with van der Waals surface area (Å²) in [5, 5.41) is 9.68. The van der Waals surface area contributed by atoms with Gasteiger partial charge in [0.1, 0.15) is 5.71 Å². The van der Waals surface area contributed by atoms with Crippen molar-refractivity contribution in [3.05, 3.63) is 61.6 Å². The Morgan fingerprint density at radius 3 is 2.47 bits per heavy atom. The molecule has 0 bridgehead atoms. The number of nitrogens with zero attached hydrogens (tertiary/aromatic N) is 3. The summed E-state index contributed by atoms with van der Waals surface area (Å²) < 4.78 is 1.15. The SMILES string of the molecule is C[C@H]1C(C(=O)NN2CCCCC2)=NN(c2ccc(Cl)cc2Cl)[C@H]1c1ccc(I)cc1. The first-order valence-electron chi connectivity index (χ1n) is 10.1. The Labute approximate surface area is 200 Å². The molecular weight excluding hydrogens is 534 g/mol. The van der Waals surface area contributed by atoms with Crippen LogP contribution >= 0.6 is 45.8 Å². The Morgan fingerprint density at radius 2 is 1.80 bits per heavy atom. The Hall–Kier alpha value is -1.35. The summed E-state index contributed by atoms with van der Waals surface area (Å²) in [6.45, 7) is 3.79. The lowest BCUT2D eigenvalue weighted by molar-refractivity contribution is -0.120. The zero-order chi connectivity index (χ0) is 21.3. The Balaban J connectivity index is 1.68. The maximum atomic E-state index is 13.1. The minimum absolute atomic E-state index is 0.110. The van der Waals surface area contributed by atoms with Crippen LogP contribution < -0.4 is 10.4 Å². The maximum Gasteiger partial charge on any atom is 0.282 e. The van der Waals surface area contributed by atoms with Gasteiger partial charge in [-0.15, -0.1) is 0 Å². The number of carbonyl (C=O) groups excluding carboxylic acids is 1. The Bertz CT molecular complexity index is 960. The number of amides is 1. The lowest BCUT2D eigenvalue weighted by Crippen LogP contribution is -2.48. The summed E-state index contributed by atoms with van der Waals surface area (Å²) in [4.78, 5) is 13.1. The molecule has 2 aromatic rings. The van der Waals surface area contributed by atoms with Crippen molar-refractivity contribution in [2.24, 2.45) is 11.0 Å². The van der Waals surface area contributed by atoms with Crippen LogP contribution in [0.4, 0.5) is 5.69 Å². The third-order valence-electron chi connectivity index (χ3n) is 5.60. The average Bonchev–Trinajstić information content (AvgIpc) is 3.06. The number of anilines is 1. The second-order valence-electron chi connectivity index (χ2n) is 7.70. The molecule has 0 radical (unpaired) electrons. The zero-order valence-corrected chi connectivity index (χ0v) is 20.3. The summed E-state index contributed by atoms with van der Waals surface area (Å²) in [6.07, 6.45) is 3.40. The molecule has 1 fully saturated rings. The van der Waals surface area contributed by atoms with Crippen LogP contribution in [0.5, 0.6) is 0 Å². The number of benzene rings is 2. The normalized spacial score (nSPS) is 22.1. The van der Waals surface area contributed by atoms with Crippen molar-refractivity contribution >= 4 is 63.1 Å². The summed E-state index contributed by atoms with van der Waals surface area (Å²) in [6, 6.07) is 13.5. The van der Waals surface area contributed by atoms with Crippen LogP contribution in [0.15, 0.2) is 47.6 Å². The first kappa shape index (κ1) is 21.9. The first-order valence-corrected chi connectivity index (χ1v) is 11.9. The molecule has 0 unspecified atom stereocenters. The quantitative estimate of drug-likeness (QED) is 0.494. The molecule has 2 heterocycles. The number of rotatable bonds is 4. The van der Waals surface area contributed by atoms with Gasteiger partial charge < -0.3 is 0 Å². The predicted molar refractivity (Wildman–Crippen MR) is 131 cm³/mol. The number of hydrogen-bond donors (Lipinski definition) is 1. The van der Waals surface area contributed by atoms with E-state index in [9.17, 15) is 4.79 Å². The molecule has 30 heavy (non-hydrogen) atoms. The standard InChI is InChI=1S/C22H23Cl2IN4O/c1-14-20(22(30)27-28-11-3-2-4-12-28)26-29(19-10-7-16(23)13-18(19)24)21(14)15-5-8-17(25)9-6-15/h5-10,13-14,21H,2-4,11-12H2,1H3,(H,27,30)/t14-,21+/m0/s1. The molecule has 4 rings (SSSR count). The topological polar surface area (TPSA) is 47.9 Å². The molecule has 0 spiro atoms.